The molecule has 3 aromatic carbocycles. The summed E-state index contributed by atoms with van der Waals surface area (Å²) in [6.07, 6.45) is 6.56. The molecule has 0 aliphatic heterocycles. The number of rotatable bonds is 5. The minimum Gasteiger partial charge on any atom is -0.207 e. The predicted molar refractivity (Wildman–Crippen MR) is 116 cm³/mol. The van der Waals surface area contributed by atoms with Crippen LogP contribution in [0.2, 0.25) is 0 Å². The van der Waals surface area contributed by atoms with Gasteiger partial charge in [-0.05, 0) is 84.2 Å². The fraction of sp³-hybridized carbons (Fsp3) is 0.333. The van der Waals surface area contributed by atoms with Crippen molar-refractivity contribution in [2.24, 2.45) is 5.92 Å². The molecule has 1 unspecified atom stereocenters. The Morgan fingerprint density at radius 2 is 1.32 bits per heavy atom. The first-order valence-electron chi connectivity index (χ1n) is 10.6. The van der Waals surface area contributed by atoms with Gasteiger partial charge in [0.05, 0.1) is 0 Å². The molecule has 0 heterocycles. The molecule has 0 amide bonds. The normalized spacial score (nSPS) is 20.6. The zero-order chi connectivity index (χ0) is 19.3. The van der Waals surface area contributed by atoms with Crippen LogP contribution in [0.5, 0.6) is 0 Å². The molecule has 28 heavy (non-hydrogen) atoms. The molecule has 0 radical (unpaired) electrons. The lowest BCUT2D eigenvalue weighted by atomic mass is 9.75. The van der Waals surface area contributed by atoms with Crippen LogP contribution in [-0.2, 0) is 0 Å². The minimum atomic E-state index is -0.182. The summed E-state index contributed by atoms with van der Waals surface area (Å²) in [5, 5.41) is 0. The van der Waals surface area contributed by atoms with Gasteiger partial charge in [-0.1, -0.05) is 73.7 Å². The Morgan fingerprint density at radius 1 is 0.750 bits per heavy atom. The average Bonchev–Trinajstić information content (AvgIpc) is 2.76. The quantitative estimate of drug-likeness (QED) is 0.426. The standard InChI is InChI=1S/C27H29F/c1-20(22-5-3-2-4-6-22)19-21-7-9-23(10-8-21)24-11-13-25(14-12-24)26-15-17-27(28)18-16-26/h2-6,11-18,20-21,23H,7-10,19H2,1H3. The maximum absolute atomic E-state index is 13.1. The second-order valence-corrected chi connectivity index (χ2v) is 8.39. The Balaban J connectivity index is 1.33. The summed E-state index contributed by atoms with van der Waals surface area (Å²) in [4.78, 5) is 0. The van der Waals surface area contributed by atoms with Crippen molar-refractivity contribution in [1.82, 2.24) is 0 Å². The van der Waals surface area contributed by atoms with Gasteiger partial charge < -0.3 is 0 Å². The van der Waals surface area contributed by atoms with Crippen LogP contribution in [-0.4, -0.2) is 0 Å². The Bertz CT molecular complexity index is 856. The predicted octanol–water partition coefficient (Wildman–Crippen LogP) is 7.96. The lowest BCUT2D eigenvalue weighted by molar-refractivity contribution is 0.297. The second kappa shape index (κ2) is 8.73. The molecule has 0 spiro atoms. The molecule has 144 valence electrons. The molecule has 0 N–H and O–H groups in total. The van der Waals surface area contributed by atoms with E-state index in [1.54, 1.807) is 0 Å². The molecule has 1 heteroatoms. The first-order chi connectivity index (χ1) is 13.7. The molecular formula is C27H29F. The van der Waals surface area contributed by atoms with E-state index in [9.17, 15) is 4.39 Å². The van der Waals surface area contributed by atoms with Crippen molar-refractivity contribution in [3.63, 3.8) is 0 Å². The topological polar surface area (TPSA) is 0 Å². The molecular weight excluding hydrogens is 343 g/mol. The zero-order valence-electron chi connectivity index (χ0n) is 16.7. The van der Waals surface area contributed by atoms with Crippen LogP contribution in [0.1, 0.15) is 62.0 Å². The first kappa shape index (κ1) is 18.9. The summed E-state index contributed by atoms with van der Waals surface area (Å²) < 4.78 is 13.1. The second-order valence-electron chi connectivity index (χ2n) is 8.39. The highest BCUT2D eigenvalue weighted by molar-refractivity contribution is 5.63. The molecule has 1 fully saturated rings. The third-order valence-corrected chi connectivity index (χ3v) is 6.46. The van der Waals surface area contributed by atoms with Crippen molar-refractivity contribution in [3.05, 3.63) is 95.8 Å². The van der Waals surface area contributed by atoms with Crippen LogP contribution >= 0.6 is 0 Å². The van der Waals surface area contributed by atoms with E-state index in [1.807, 2.05) is 12.1 Å². The average molecular weight is 373 g/mol. The number of benzene rings is 3. The molecule has 4 rings (SSSR count). The highest BCUT2D eigenvalue weighted by Gasteiger charge is 2.24. The molecule has 1 atom stereocenters. The van der Waals surface area contributed by atoms with Gasteiger partial charge in [-0.15, -0.1) is 0 Å². The van der Waals surface area contributed by atoms with E-state index in [0.29, 0.717) is 11.8 Å². The van der Waals surface area contributed by atoms with Crippen LogP contribution in [0.4, 0.5) is 4.39 Å². The summed E-state index contributed by atoms with van der Waals surface area (Å²) in [6.45, 7) is 2.37. The molecule has 1 aliphatic rings. The number of halogens is 1. The van der Waals surface area contributed by atoms with Gasteiger partial charge in [-0.25, -0.2) is 4.39 Å². The summed E-state index contributed by atoms with van der Waals surface area (Å²) in [6, 6.07) is 26.6. The highest BCUT2D eigenvalue weighted by Crippen LogP contribution is 2.40. The van der Waals surface area contributed by atoms with E-state index in [2.05, 4.69) is 61.5 Å². The van der Waals surface area contributed by atoms with Gasteiger partial charge in [-0.3, -0.25) is 0 Å². The van der Waals surface area contributed by atoms with Crippen molar-refractivity contribution >= 4 is 0 Å². The van der Waals surface area contributed by atoms with Gasteiger partial charge in [0.1, 0.15) is 5.82 Å². The van der Waals surface area contributed by atoms with Crippen molar-refractivity contribution in [1.29, 1.82) is 0 Å². The molecule has 1 aliphatic carbocycles. The number of hydrogen-bond donors (Lipinski definition) is 0. The van der Waals surface area contributed by atoms with Gasteiger partial charge in [0.2, 0.25) is 0 Å². The van der Waals surface area contributed by atoms with Crippen molar-refractivity contribution < 1.29 is 4.39 Å². The van der Waals surface area contributed by atoms with E-state index < -0.39 is 0 Å². The zero-order valence-corrected chi connectivity index (χ0v) is 16.7. The fourth-order valence-electron chi connectivity index (χ4n) is 4.74. The third kappa shape index (κ3) is 4.52. The fourth-order valence-corrected chi connectivity index (χ4v) is 4.74. The molecule has 0 bridgehead atoms. The molecule has 0 aromatic heterocycles. The van der Waals surface area contributed by atoms with E-state index in [1.165, 1.54) is 55.4 Å². The molecule has 1 saturated carbocycles. The first-order valence-corrected chi connectivity index (χ1v) is 10.6. The van der Waals surface area contributed by atoms with Gasteiger partial charge in [0, 0.05) is 0 Å². The van der Waals surface area contributed by atoms with Crippen LogP contribution in [0.3, 0.4) is 0 Å². The van der Waals surface area contributed by atoms with Crippen molar-refractivity contribution in [3.8, 4) is 11.1 Å². The monoisotopic (exact) mass is 372 g/mol. The molecule has 0 nitrogen and oxygen atoms in total. The van der Waals surface area contributed by atoms with Gasteiger partial charge in [0.15, 0.2) is 0 Å². The maximum Gasteiger partial charge on any atom is 0.123 e. The van der Waals surface area contributed by atoms with Crippen LogP contribution in [0, 0.1) is 11.7 Å². The van der Waals surface area contributed by atoms with E-state index in [-0.39, 0.29) is 5.82 Å². The number of hydrogen-bond acceptors (Lipinski definition) is 0. The van der Waals surface area contributed by atoms with E-state index in [0.717, 1.165) is 17.0 Å². The van der Waals surface area contributed by atoms with Crippen molar-refractivity contribution in [2.45, 2.75) is 50.9 Å². The highest BCUT2D eigenvalue weighted by atomic mass is 19.1. The van der Waals surface area contributed by atoms with Crippen LogP contribution in [0.25, 0.3) is 11.1 Å². The van der Waals surface area contributed by atoms with Gasteiger partial charge >= 0.3 is 0 Å². The lowest BCUT2D eigenvalue weighted by Crippen LogP contribution is -2.15. The maximum atomic E-state index is 13.1. The minimum absolute atomic E-state index is 0.182. The van der Waals surface area contributed by atoms with Crippen molar-refractivity contribution in [2.75, 3.05) is 0 Å². The summed E-state index contributed by atoms with van der Waals surface area (Å²) in [5.74, 6) is 2.01. The smallest absolute Gasteiger partial charge is 0.123 e. The Kier molecular flexibility index (Phi) is 5.90. The van der Waals surface area contributed by atoms with Gasteiger partial charge in [0.25, 0.3) is 0 Å². The largest absolute Gasteiger partial charge is 0.207 e. The Hall–Kier alpha value is -2.41. The SMILES string of the molecule is CC(CC1CCC(c2ccc(-c3ccc(F)cc3)cc2)CC1)c1ccccc1. The van der Waals surface area contributed by atoms with Crippen LogP contribution < -0.4 is 0 Å². The van der Waals surface area contributed by atoms with Crippen LogP contribution in [0.15, 0.2) is 78.9 Å². The molecule has 0 saturated heterocycles. The summed E-state index contributed by atoms with van der Waals surface area (Å²) in [7, 11) is 0. The van der Waals surface area contributed by atoms with E-state index >= 15 is 0 Å². The Morgan fingerprint density at radius 3 is 1.93 bits per heavy atom. The molecule has 3 aromatic rings. The Labute approximate surface area is 168 Å². The third-order valence-electron chi connectivity index (χ3n) is 6.46. The summed E-state index contributed by atoms with van der Waals surface area (Å²) in [5.41, 5.74) is 5.17. The lowest BCUT2D eigenvalue weighted by Gasteiger charge is -2.30. The van der Waals surface area contributed by atoms with E-state index in [4.69, 9.17) is 0 Å². The van der Waals surface area contributed by atoms with Gasteiger partial charge in [-0.2, -0.15) is 0 Å². The summed E-state index contributed by atoms with van der Waals surface area (Å²) >= 11 is 0.